The summed E-state index contributed by atoms with van der Waals surface area (Å²) in [5, 5.41) is 9.06. The smallest absolute Gasteiger partial charge is 0.0911 e. The van der Waals surface area contributed by atoms with Crippen LogP contribution in [0.15, 0.2) is 11.3 Å². The van der Waals surface area contributed by atoms with Gasteiger partial charge in [0.25, 0.3) is 0 Å². The van der Waals surface area contributed by atoms with Gasteiger partial charge >= 0.3 is 0 Å². The van der Waals surface area contributed by atoms with Gasteiger partial charge < -0.3 is 5.11 Å². The van der Waals surface area contributed by atoms with Crippen molar-refractivity contribution in [3.05, 3.63) is 11.3 Å². The predicted molar refractivity (Wildman–Crippen MR) is 39.6 cm³/mol. The van der Waals surface area contributed by atoms with Gasteiger partial charge in [0.1, 0.15) is 0 Å². The second kappa shape index (κ2) is 4.91. The molecule has 0 fully saturated rings. The fourth-order valence-corrected chi connectivity index (χ4v) is 1.04. The third kappa shape index (κ3) is 3.19. The van der Waals surface area contributed by atoms with E-state index in [4.69, 9.17) is 5.11 Å². The van der Waals surface area contributed by atoms with Crippen molar-refractivity contribution in [2.45, 2.75) is 32.6 Å². The van der Waals surface area contributed by atoms with Gasteiger partial charge in [-0.25, -0.2) is 0 Å². The zero-order valence-electron chi connectivity index (χ0n) is 6.28. The normalized spacial score (nSPS) is 19.2. The van der Waals surface area contributed by atoms with Crippen LogP contribution in [0.1, 0.15) is 32.6 Å². The molecule has 0 spiro atoms. The molecule has 0 unspecified atom stereocenters. The Morgan fingerprint density at radius 3 is 2.11 bits per heavy atom. The van der Waals surface area contributed by atoms with Gasteiger partial charge in [0, 0.05) is 57.8 Å². The van der Waals surface area contributed by atoms with E-state index in [1.807, 2.05) is 6.92 Å². The van der Waals surface area contributed by atoms with Crippen LogP contribution in [-0.2, 0) is 0 Å². The molecule has 2 heteroatoms. The minimum Gasteiger partial charge on any atom is -0.512 e. The SMILES string of the molecule is CC1=C(O)CCCC1.[K]. The Morgan fingerprint density at radius 1 is 1.22 bits per heavy atom. The van der Waals surface area contributed by atoms with Crippen molar-refractivity contribution >= 4 is 51.4 Å². The summed E-state index contributed by atoms with van der Waals surface area (Å²) < 4.78 is 0. The molecule has 1 nitrogen and oxygen atoms in total. The molecule has 0 heterocycles. The van der Waals surface area contributed by atoms with Gasteiger partial charge in [-0.2, -0.15) is 0 Å². The first-order valence-corrected chi connectivity index (χ1v) is 3.18. The first kappa shape index (κ1) is 10.2. The maximum atomic E-state index is 9.06. The van der Waals surface area contributed by atoms with Crippen LogP contribution in [0.5, 0.6) is 0 Å². The monoisotopic (exact) mass is 151 g/mol. The second-order valence-corrected chi connectivity index (χ2v) is 2.43. The molecule has 0 atom stereocenters. The third-order valence-corrected chi connectivity index (χ3v) is 1.71. The summed E-state index contributed by atoms with van der Waals surface area (Å²) in [5.41, 5.74) is 1.19. The van der Waals surface area contributed by atoms with Crippen LogP contribution in [0.3, 0.4) is 0 Å². The number of allylic oxidation sites excluding steroid dienone is 2. The van der Waals surface area contributed by atoms with Crippen molar-refractivity contribution in [2.75, 3.05) is 0 Å². The summed E-state index contributed by atoms with van der Waals surface area (Å²) in [7, 11) is 0. The number of hydrogen-bond donors (Lipinski definition) is 1. The zero-order valence-corrected chi connectivity index (χ0v) is 9.40. The number of aliphatic hydroxyl groups excluding tert-OH is 1. The van der Waals surface area contributed by atoms with E-state index in [1.165, 1.54) is 18.4 Å². The van der Waals surface area contributed by atoms with Crippen LogP contribution in [0, 0.1) is 0 Å². The number of aliphatic hydroxyl groups is 1. The Morgan fingerprint density at radius 2 is 1.78 bits per heavy atom. The molecule has 0 aromatic carbocycles. The molecule has 0 saturated carbocycles. The quantitative estimate of drug-likeness (QED) is 0.525. The van der Waals surface area contributed by atoms with E-state index in [-0.39, 0.29) is 51.4 Å². The molecule has 0 saturated heterocycles. The summed E-state index contributed by atoms with van der Waals surface area (Å²) in [6, 6.07) is 0. The van der Waals surface area contributed by atoms with E-state index in [2.05, 4.69) is 0 Å². The van der Waals surface area contributed by atoms with Crippen LogP contribution in [0.2, 0.25) is 0 Å². The molecule has 0 aromatic heterocycles. The topological polar surface area (TPSA) is 20.2 Å². The molecule has 0 amide bonds. The average Bonchev–Trinajstić information content (AvgIpc) is 1.77. The molecule has 0 bridgehead atoms. The summed E-state index contributed by atoms with van der Waals surface area (Å²) in [5.74, 6) is 0.635. The maximum Gasteiger partial charge on any atom is 0.0911 e. The van der Waals surface area contributed by atoms with Gasteiger partial charge in [-0.3, -0.25) is 0 Å². The first-order valence-electron chi connectivity index (χ1n) is 3.18. The van der Waals surface area contributed by atoms with Crippen molar-refractivity contribution in [3.63, 3.8) is 0 Å². The van der Waals surface area contributed by atoms with Crippen molar-refractivity contribution in [1.29, 1.82) is 0 Å². The van der Waals surface area contributed by atoms with Gasteiger partial charge in [0.15, 0.2) is 0 Å². The van der Waals surface area contributed by atoms with Crippen LogP contribution < -0.4 is 0 Å². The van der Waals surface area contributed by atoms with Gasteiger partial charge in [0.05, 0.1) is 5.76 Å². The van der Waals surface area contributed by atoms with Crippen molar-refractivity contribution in [2.24, 2.45) is 0 Å². The molecule has 0 aliphatic heterocycles. The number of hydrogen-bond acceptors (Lipinski definition) is 1. The van der Waals surface area contributed by atoms with Crippen molar-refractivity contribution in [3.8, 4) is 0 Å². The molecule has 47 valence electrons. The molecule has 9 heavy (non-hydrogen) atoms. The van der Waals surface area contributed by atoms with Crippen LogP contribution in [0.25, 0.3) is 0 Å². The van der Waals surface area contributed by atoms with Crippen LogP contribution in [-0.4, -0.2) is 56.5 Å². The summed E-state index contributed by atoms with van der Waals surface area (Å²) in [6.45, 7) is 2.01. The minimum atomic E-state index is 0. The molecular formula is C7H12KO. The second-order valence-electron chi connectivity index (χ2n) is 2.43. The molecular weight excluding hydrogens is 139 g/mol. The fraction of sp³-hybridized carbons (Fsp3) is 0.714. The van der Waals surface area contributed by atoms with Gasteiger partial charge in [0.2, 0.25) is 0 Å². The largest absolute Gasteiger partial charge is 0.512 e. The van der Waals surface area contributed by atoms with E-state index in [9.17, 15) is 0 Å². The Bertz CT molecular complexity index is 104. The fourth-order valence-electron chi connectivity index (χ4n) is 1.04. The Kier molecular flexibility index (Phi) is 5.55. The van der Waals surface area contributed by atoms with E-state index in [0.29, 0.717) is 5.76 Å². The van der Waals surface area contributed by atoms with Gasteiger partial charge in [-0.1, -0.05) is 0 Å². The molecule has 1 rings (SSSR count). The van der Waals surface area contributed by atoms with Crippen molar-refractivity contribution in [1.82, 2.24) is 0 Å². The maximum absolute atomic E-state index is 9.06. The van der Waals surface area contributed by atoms with Crippen LogP contribution >= 0.6 is 0 Å². The Labute approximate surface area is 99.0 Å². The number of rotatable bonds is 0. The predicted octanol–water partition coefficient (Wildman–Crippen LogP) is 2.01. The minimum absolute atomic E-state index is 0. The van der Waals surface area contributed by atoms with E-state index < -0.39 is 0 Å². The zero-order chi connectivity index (χ0) is 5.98. The third-order valence-electron chi connectivity index (χ3n) is 1.71. The van der Waals surface area contributed by atoms with Gasteiger partial charge in [-0.05, 0) is 31.8 Å². The van der Waals surface area contributed by atoms with Gasteiger partial charge in [-0.15, -0.1) is 0 Å². The van der Waals surface area contributed by atoms with E-state index >= 15 is 0 Å². The standard InChI is InChI=1S/C7H12O.K/c1-6-4-2-3-5-7(6)8;/h8H,2-5H2,1H3;. The molecule has 1 aliphatic carbocycles. The Hall–Kier alpha value is 1.18. The van der Waals surface area contributed by atoms with E-state index in [0.717, 1.165) is 12.8 Å². The summed E-state index contributed by atoms with van der Waals surface area (Å²) in [6.07, 6.45) is 4.44. The Balaban J connectivity index is 0.000000640. The van der Waals surface area contributed by atoms with Crippen molar-refractivity contribution < 1.29 is 5.11 Å². The average molecular weight is 151 g/mol. The molecule has 1 aliphatic rings. The van der Waals surface area contributed by atoms with E-state index in [1.54, 1.807) is 0 Å². The first-order chi connectivity index (χ1) is 3.80. The summed E-state index contributed by atoms with van der Waals surface area (Å²) in [4.78, 5) is 0. The summed E-state index contributed by atoms with van der Waals surface area (Å²) >= 11 is 0. The molecule has 1 N–H and O–H groups in total. The molecule has 1 radical (unpaired) electrons. The molecule has 0 aromatic rings. The van der Waals surface area contributed by atoms with Crippen LogP contribution in [0.4, 0.5) is 0 Å².